The third-order valence-electron chi connectivity index (χ3n) is 3.35. The molecule has 0 aromatic carbocycles. The van der Waals surface area contributed by atoms with E-state index in [0.717, 1.165) is 37.3 Å². The van der Waals surface area contributed by atoms with Crippen molar-refractivity contribution in [2.24, 2.45) is 5.92 Å². The van der Waals surface area contributed by atoms with Crippen molar-refractivity contribution >= 4 is 11.8 Å². The highest BCUT2D eigenvalue weighted by Gasteiger charge is 2.27. The van der Waals surface area contributed by atoms with Gasteiger partial charge in [0, 0.05) is 24.8 Å². The van der Waals surface area contributed by atoms with Gasteiger partial charge in [0.15, 0.2) is 0 Å². The highest BCUT2D eigenvalue weighted by molar-refractivity contribution is 5.73. The van der Waals surface area contributed by atoms with Crippen LogP contribution in [0.2, 0.25) is 0 Å². The lowest BCUT2D eigenvalue weighted by Crippen LogP contribution is -2.39. The molecule has 18 heavy (non-hydrogen) atoms. The minimum Gasteiger partial charge on any atom is -0.469 e. The van der Waals surface area contributed by atoms with E-state index < -0.39 is 0 Å². The number of ether oxygens (including phenoxy) is 1. The van der Waals surface area contributed by atoms with E-state index in [-0.39, 0.29) is 11.9 Å². The summed E-state index contributed by atoms with van der Waals surface area (Å²) in [7, 11) is 1.45. The zero-order valence-electron chi connectivity index (χ0n) is 10.9. The quantitative estimate of drug-likeness (QED) is 0.758. The van der Waals surface area contributed by atoms with Gasteiger partial charge in [-0.15, -0.1) is 0 Å². The molecule has 1 fully saturated rings. The average molecular weight is 249 g/mol. The van der Waals surface area contributed by atoms with Gasteiger partial charge in [0.2, 0.25) is 0 Å². The standard InChI is InChI=1S/C13H19N3O2/c1-3-11-7-12(15-9-14-11)16-6-4-5-10(8-16)13(17)18-2/h7,9-10H,3-6,8H2,1-2H3. The third-order valence-corrected chi connectivity index (χ3v) is 3.35. The van der Waals surface area contributed by atoms with Crippen LogP contribution in [-0.2, 0) is 16.0 Å². The van der Waals surface area contributed by atoms with Crippen molar-refractivity contribution in [2.45, 2.75) is 26.2 Å². The highest BCUT2D eigenvalue weighted by atomic mass is 16.5. The summed E-state index contributed by atoms with van der Waals surface area (Å²) in [5, 5.41) is 0. The van der Waals surface area contributed by atoms with Gasteiger partial charge in [-0.05, 0) is 19.3 Å². The van der Waals surface area contributed by atoms with Crippen molar-refractivity contribution in [3.8, 4) is 0 Å². The van der Waals surface area contributed by atoms with Crippen LogP contribution in [-0.4, -0.2) is 36.1 Å². The van der Waals surface area contributed by atoms with E-state index in [1.165, 1.54) is 7.11 Å². The van der Waals surface area contributed by atoms with Crippen molar-refractivity contribution in [1.29, 1.82) is 0 Å². The maximum Gasteiger partial charge on any atom is 0.310 e. The molecule has 1 saturated heterocycles. The SMILES string of the molecule is CCc1cc(N2CCCC(C(=O)OC)C2)ncn1. The molecule has 1 aromatic rings. The number of aryl methyl sites for hydroxylation is 1. The molecule has 1 aromatic heterocycles. The van der Waals surface area contributed by atoms with Gasteiger partial charge in [-0.1, -0.05) is 6.92 Å². The number of anilines is 1. The number of rotatable bonds is 3. The molecule has 98 valence electrons. The van der Waals surface area contributed by atoms with Crippen LogP contribution in [0.1, 0.15) is 25.5 Å². The number of carbonyl (C=O) groups is 1. The Morgan fingerprint density at radius 2 is 2.39 bits per heavy atom. The van der Waals surface area contributed by atoms with Gasteiger partial charge in [-0.3, -0.25) is 4.79 Å². The van der Waals surface area contributed by atoms with Gasteiger partial charge in [-0.2, -0.15) is 0 Å². The minimum absolute atomic E-state index is 0.0382. The van der Waals surface area contributed by atoms with E-state index in [0.29, 0.717) is 6.54 Å². The fraction of sp³-hybridized carbons (Fsp3) is 0.615. The molecule has 1 aliphatic rings. The number of esters is 1. The first-order valence-electron chi connectivity index (χ1n) is 6.38. The summed E-state index contributed by atoms with van der Waals surface area (Å²) >= 11 is 0. The Hall–Kier alpha value is -1.65. The molecule has 1 aliphatic heterocycles. The first kappa shape index (κ1) is 12.8. The Balaban J connectivity index is 2.10. The van der Waals surface area contributed by atoms with Crippen LogP contribution < -0.4 is 4.90 Å². The lowest BCUT2D eigenvalue weighted by molar-refractivity contribution is -0.145. The average Bonchev–Trinajstić information content (AvgIpc) is 2.46. The molecule has 0 radical (unpaired) electrons. The van der Waals surface area contributed by atoms with E-state index in [9.17, 15) is 4.79 Å². The topological polar surface area (TPSA) is 55.3 Å². The first-order valence-corrected chi connectivity index (χ1v) is 6.38. The smallest absolute Gasteiger partial charge is 0.310 e. The predicted octanol–water partition coefficient (Wildman–Crippen LogP) is 1.43. The summed E-state index contributed by atoms with van der Waals surface area (Å²) in [5.74, 6) is 0.753. The van der Waals surface area contributed by atoms with Crippen molar-refractivity contribution in [3.63, 3.8) is 0 Å². The molecule has 5 heteroatoms. The monoisotopic (exact) mass is 249 g/mol. The van der Waals surface area contributed by atoms with Gasteiger partial charge in [0.25, 0.3) is 0 Å². The normalized spacial score (nSPS) is 19.7. The maximum atomic E-state index is 11.6. The summed E-state index contributed by atoms with van der Waals surface area (Å²) in [6, 6.07) is 2.00. The number of piperidine rings is 1. The first-order chi connectivity index (χ1) is 8.74. The Labute approximate surface area is 107 Å². The van der Waals surface area contributed by atoms with Gasteiger partial charge >= 0.3 is 5.97 Å². The van der Waals surface area contributed by atoms with E-state index >= 15 is 0 Å². The molecule has 2 heterocycles. The zero-order chi connectivity index (χ0) is 13.0. The Bertz CT molecular complexity index is 422. The molecule has 0 saturated carbocycles. The summed E-state index contributed by atoms with van der Waals surface area (Å²) in [6.45, 7) is 3.69. The number of nitrogens with zero attached hydrogens (tertiary/aromatic N) is 3. The summed E-state index contributed by atoms with van der Waals surface area (Å²) in [6.07, 6.45) is 4.37. The molecule has 0 aliphatic carbocycles. The molecule has 0 bridgehead atoms. The van der Waals surface area contributed by atoms with Crippen LogP contribution in [0.4, 0.5) is 5.82 Å². The van der Waals surface area contributed by atoms with Crippen molar-refractivity contribution < 1.29 is 9.53 Å². The second-order valence-electron chi connectivity index (χ2n) is 4.53. The number of hydrogen-bond acceptors (Lipinski definition) is 5. The van der Waals surface area contributed by atoms with Crippen LogP contribution >= 0.6 is 0 Å². The second kappa shape index (κ2) is 5.80. The highest BCUT2D eigenvalue weighted by Crippen LogP contribution is 2.22. The largest absolute Gasteiger partial charge is 0.469 e. The van der Waals surface area contributed by atoms with E-state index in [2.05, 4.69) is 21.8 Å². The fourth-order valence-electron chi connectivity index (χ4n) is 2.30. The van der Waals surface area contributed by atoms with Crippen molar-refractivity contribution in [2.75, 3.05) is 25.1 Å². The summed E-state index contributed by atoms with van der Waals surface area (Å²) in [4.78, 5) is 22.2. The van der Waals surface area contributed by atoms with Gasteiger partial charge in [0.05, 0.1) is 13.0 Å². The zero-order valence-corrected chi connectivity index (χ0v) is 10.9. The minimum atomic E-state index is -0.121. The molecular weight excluding hydrogens is 230 g/mol. The van der Waals surface area contributed by atoms with Crippen LogP contribution in [0.25, 0.3) is 0 Å². The number of hydrogen-bond donors (Lipinski definition) is 0. The molecule has 0 amide bonds. The van der Waals surface area contributed by atoms with Crippen LogP contribution in [0.3, 0.4) is 0 Å². The molecule has 0 N–H and O–H groups in total. The fourth-order valence-corrected chi connectivity index (χ4v) is 2.30. The Morgan fingerprint density at radius 1 is 1.56 bits per heavy atom. The summed E-state index contributed by atoms with van der Waals surface area (Å²) in [5.41, 5.74) is 1.03. The lowest BCUT2D eigenvalue weighted by atomic mass is 9.98. The second-order valence-corrected chi connectivity index (χ2v) is 4.53. The van der Waals surface area contributed by atoms with Gasteiger partial charge in [-0.25, -0.2) is 9.97 Å². The number of carbonyl (C=O) groups excluding carboxylic acids is 1. The van der Waals surface area contributed by atoms with Crippen LogP contribution in [0.15, 0.2) is 12.4 Å². The van der Waals surface area contributed by atoms with Gasteiger partial charge < -0.3 is 9.64 Å². The lowest BCUT2D eigenvalue weighted by Gasteiger charge is -2.32. The van der Waals surface area contributed by atoms with Crippen molar-refractivity contribution in [1.82, 2.24) is 9.97 Å². The number of methoxy groups -OCH3 is 1. The molecule has 1 unspecified atom stereocenters. The van der Waals surface area contributed by atoms with Crippen LogP contribution in [0, 0.1) is 5.92 Å². The van der Waals surface area contributed by atoms with Crippen molar-refractivity contribution in [3.05, 3.63) is 18.1 Å². The molecule has 0 spiro atoms. The van der Waals surface area contributed by atoms with E-state index in [1.54, 1.807) is 6.33 Å². The molecule has 5 nitrogen and oxygen atoms in total. The van der Waals surface area contributed by atoms with Gasteiger partial charge in [0.1, 0.15) is 12.1 Å². The predicted molar refractivity (Wildman–Crippen MR) is 68.4 cm³/mol. The molecule has 1 atom stereocenters. The molecule has 2 rings (SSSR count). The third kappa shape index (κ3) is 2.78. The van der Waals surface area contributed by atoms with E-state index in [1.807, 2.05) is 6.07 Å². The molecular formula is C13H19N3O2. The summed E-state index contributed by atoms with van der Waals surface area (Å²) < 4.78 is 4.82. The Kier molecular flexibility index (Phi) is 4.12. The van der Waals surface area contributed by atoms with Crippen LogP contribution in [0.5, 0.6) is 0 Å². The number of aromatic nitrogens is 2. The maximum absolute atomic E-state index is 11.6. The Morgan fingerprint density at radius 3 is 3.11 bits per heavy atom. The van der Waals surface area contributed by atoms with E-state index in [4.69, 9.17) is 4.74 Å².